The second kappa shape index (κ2) is 11.5. The summed E-state index contributed by atoms with van der Waals surface area (Å²) in [6.07, 6.45) is 7.44. The first kappa shape index (κ1) is 27.2. The molecule has 2 aromatic heterocycles. The smallest absolute Gasteiger partial charge is 0.342 e. The van der Waals surface area contributed by atoms with Gasteiger partial charge in [0.25, 0.3) is 0 Å². The summed E-state index contributed by atoms with van der Waals surface area (Å²) in [6.45, 7) is 8.60. The number of benzene rings is 1. The van der Waals surface area contributed by atoms with Crippen molar-refractivity contribution in [2.45, 2.75) is 58.7 Å². The van der Waals surface area contributed by atoms with E-state index in [1.807, 2.05) is 12.1 Å². The zero-order valence-electron chi connectivity index (χ0n) is 23.9. The van der Waals surface area contributed by atoms with Crippen LogP contribution in [0.15, 0.2) is 53.9 Å². The lowest BCUT2D eigenvalue weighted by atomic mass is 9.91. The number of carboxylic acids is 1. The van der Waals surface area contributed by atoms with Gasteiger partial charge in [-0.15, -0.1) is 0 Å². The Morgan fingerprint density at radius 1 is 1.20 bits per heavy atom. The van der Waals surface area contributed by atoms with Crippen LogP contribution >= 0.6 is 0 Å². The van der Waals surface area contributed by atoms with Gasteiger partial charge in [-0.05, 0) is 79.5 Å². The number of methoxy groups -OCH3 is 1. The number of hydrogen-bond donors (Lipinski definition) is 1. The third kappa shape index (κ3) is 5.27. The number of rotatable bonds is 8. The van der Waals surface area contributed by atoms with Crippen LogP contribution in [0, 0.1) is 6.92 Å². The van der Waals surface area contributed by atoms with Crippen molar-refractivity contribution < 1.29 is 24.1 Å². The highest BCUT2D eigenvalue weighted by atomic mass is 16.5. The molecule has 0 spiro atoms. The highest BCUT2D eigenvalue weighted by molar-refractivity contribution is 5.90. The van der Waals surface area contributed by atoms with Gasteiger partial charge < -0.3 is 19.3 Å². The zero-order chi connectivity index (χ0) is 28.5. The first-order valence-corrected chi connectivity index (χ1v) is 14.2. The fourth-order valence-electron chi connectivity index (χ4n) is 6.16. The second-order valence-corrected chi connectivity index (χ2v) is 10.9. The third-order valence-electron chi connectivity index (χ3n) is 8.50. The van der Waals surface area contributed by atoms with Gasteiger partial charge in [0, 0.05) is 31.3 Å². The average molecular weight is 557 g/mol. The van der Waals surface area contributed by atoms with Gasteiger partial charge in [-0.2, -0.15) is 9.78 Å². The van der Waals surface area contributed by atoms with Crippen LogP contribution in [-0.2, 0) is 29.0 Å². The molecule has 0 bridgehead atoms. The summed E-state index contributed by atoms with van der Waals surface area (Å²) >= 11 is 0. The number of pyridine rings is 1. The number of fused-ring (bicyclic) bond motifs is 1. The lowest BCUT2D eigenvalue weighted by Gasteiger charge is -2.34. The molecule has 214 valence electrons. The summed E-state index contributed by atoms with van der Waals surface area (Å²) in [6, 6.07) is 10.6. The molecule has 1 aromatic carbocycles. The molecule has 0 radical (unpaired) electrons. The molecule has 3 aliphatic rings. The maximum absolute atomic E-state index is 11.6. The molecule has 0 saturated carbocycles. The number of ether oxygens (including phenoxy) is 3. The van der Waals surface area contributed by atoms with E-state index in [1.54, 1.807) is 6.07 Å². The van der Waals surface area contributed by atoms with E-state index in [0.717, 1.165) is 69.0 Å². The number of carboxylic acid groups (broad SMARTS) is 1. The predicted octanol–water partition coefficient (Wildman–Crippen LogP) is 5.10. The van der Waals surface area contributed by atoms with Crippen molar-refractivity contribution >= 4 is 11.5 Å². The van der Waals surface area contributed by atoms with Gasteiger partial charge in [0.1, 0.15) is 17.9 Å². The van der Waals surface area contributed by atoms with Crippen LogP contribution in [0.25, 0.3) is 11.4 Å². The molecule has 4 heterocycles. The number of carbonyl (C=O) groups is 1. The van der Waals surface area contributed by atoms with E-state index in [-0.39, 0.29) is 11.4 Å². The number of nitrogens with zero attached hydrogens (tertiary/aromatic N) is 4. The number of hydrogen-bond acceptors (Lipinski definition) is 7. The summed E-state index contributed by atoms with van der Waals surface area (Å²) in [5.41, 5.74) is 8.24. The molecular weight excluding hydrogens is 520 g/mol. The normalized spacial score (nSPS) is 19.2. The third-order valence-corrected chi connectivity index (χ3v) is 8.50. The van der Waals surface area contributed by atoms with Gasteiger partial charge in [-0.25, -0.2) is 9.78 Å². The SMILES string of the molecule is COc1c(C(=O)O)cnn1-c1cccc(C2=CCCC(C)=C2OCc2ccc3c(c2C)CCN([C@@H]2CCOC2)C3)n1. The van der Waals surface area contributed by atoms with Crippen LogP contribution in [0.2, 0.25) is 0 Å². The van der Waals surface area contributed by atoms with Crippen molar-refractivity contribution in [3.05, 3.63) is 87.4 Å². The predicted molar refractivity (Wildman–Crippen MR) is 154 cm³/mol. The van der Waals surface area contributed by atoms with Gasteiger partial charge >= 0.3 is 5.97 Å². The maximum atomic E-state index is 11.6. The first-order valence-electron chi connectivity index (χ1n) is 14.2. The van der Waals surface area contributed by atoms with Gasteiger partial charge in [0.2, 0.25) is 5.88 Å². The summed E-state index contributed by atoms with van der Waals surface area (Å²) in [4.78, 5) is 19.0. The van der Waals surface area contributed by atoms with Crippen molar-refractivity contribution in [1.82, 2.24) is 19.7 Å². The molecule has 1 N–H and O–H groups in total. The minimum Gasteiger partial charge on any atom is -0.488 e. The van der Waals surface area contributed by atoms with E-state index < -0.39 is 5.97 Å². The molecule has 1 fully saturated rings. The standard InChI is InChI=1S/C32H36N4O5/c1-20-6-4-7-26(28-8-5-9-29(34-28)36-31(39-3)27(16-33-36)32(37)38)30(20)41-18-23-11-10-22-17-35(24-13-15-40-19-24)14-12-25(22)21(23)2/h5,7-11,16,24H,4,6,12-15,17-19H2,1-3H3,(H,37,38)/t24-/m1/s1. The quantitative estimate of drug-likeness (QED) is 0.409. The summed E-state index contributed by atoms with van der Waals surface area (Å²) in [5, 5.41) is 13.7. The fraction of sp³-hybridized carbons (Fsp3) is 0.406. The second-order valence-electron chi connectivity index (χ2n) is 10.9. The summed E-state index contributed by atoms with van der Waals surface area (Å²) < 4.78 is 19.0. The topological polar surface area (TPSA) is 98.9 Å². The molecular formula is C32H36N4O5. The van der Waals surface area contributed by atoms with Crippen molar-refractivity contribution in [2.24, 2.45) is 0 Å². The summed E-state index contributed by atoms with van der Waals surface area (Å²) in [5.74, 6) is 0.348. The van der Waals surface area contributed by atoms with E-state index in [9.17, 15) is 9.90 Å². The fourth-order valence-corrected chi connectivity index (χ4v) is 6.16. The largest absolute Gasteiger partial charge is 0.488 e. The molecule has 6 rings (SSSR count). The van der Waals surface area contributed by atoms with E-state index in [1.165, 1.54) is 45.8 Å². The Kier molecular flexibility index (Phi) is 7.64. The monoisotopic (exact) mass is 556 g/mol. The molecule has 3 aromatic rings. The first-order chi connectivity index (χ1) is 19.9. The lowest BCUT2D eigenvalue weighted by Crippen LogP contribution is -2.39. The Hall–Kier alpha value is -3.95. The maximum Gasteiger partial charge on any atom is 0.342 e. The Balaban J connectivity index is 1.22. The van der Waals surface area contributed by atoms with Crippen LogP contribution in [0.5, 0.6) is 5.88 Å². The van der Waals surface area contributed by atoms with Crippen LogP contribution in [0.3, 0.4) is 0 Å². The van der Waals surface area contributed by atoms with Gasteiger partial charge in [-0.1, -0.05) is 24.3 Å². The van der Waals surface area contributed by atoms with Crippen molar-refractivity contribution in [2.75, 3.05) is 26.9 Å². The summed E-state index contributed by atoms with van der Waals surface area (Å²) in [7, 11) is 1.43. The molecule has 41 heavy (non-hydrogen) atoms. The van der Waals surface area contributed by atoms with Gasteiger partial charge in [0.05, 0.1) is 25.6 Å². The van der Waals surface area contributed by atoms with Crippen molar-refractivity contribution in [3.63, 3.8) is 0 Å². The van der Waals surface area contributed by atoms with Gasteiger partial charge in [0.15, 0.2) is 5.82 Å². The molecule has 1 aliphatic carbocycles. The Bertz CT molecular complexity index is 1530. The molecule has 0 unspecified atom stereocenters. The van der Waals surface area contributed by atoms with Crippen LogP contribution in [-0.4, -0.2) is 63.7 Å². The van der Waals surface area contributed by atoms with Crippen LogP contribution < -0.4 is 4.74 Å². The average Bonchev–Trinajstić information content (AvgIpc) is 3.68. The zero-order valence-corrected chi connectivity index (χ0v) is 23.9. The van der Waals surface area contributed by atoms with Crippen LogP contribution in [0.1, 0.15) is 64.5 Å². The molecule has 2 aliphatic heterocycles. The van der Waals surface area contributed by atoms with E-state index in [0.29, 0.717) is 18.5 Å². The number of allylic oxidation sites excluding steroid dienone is 3. The van der Waals surface area contributed by atoms with Gasteiger partial charge in [-0.3, -0.25) is 4.90 Å². The van der Waals surface area contributed by atoms with Crippen molar-refractivity contribution in [1.29, 1.82) is 0 Å². The molecule has 9 nitrogen and oxygen atoms in total. The molecule has 1 atom stereocenters. The Labute approximate surface area is 240 Å². The van der Waals surface area contributed by atoms with E-state index in [2.05, 4.69) is 42.1 Å². The van der Waals surface area contributed by atoms with Crippen molar-refractivity contribution in [3.8, 4) is 11.7 Å². The number of aromatic carboxylic acids is 1. The van der Waals surface area contributed by atoms with E-state index in [4.69, 9.17) is 19.2 Å². The Morgan fingerprint density at radius 2 is 2.07 bits per heavy atom. The highest BCUT2D eigenvalue weighted by Crippen LogP contribution is 2.35. The Morgan fingerprint density at radius 3 is 2.85 bits per heavy atom. The minimum atomic E-state index is -1.10. The van der Waals surface area contributed by atoms with Crippen LogP contribution in [0.4, 0.5) is 0 Å². The van der Waals surface area contributed by atoms with E-state index >= 15 is 0 Å². The molecule has 0 amide bonds. The highest BCUT2D eigenvalue weighted by Gasteiger charge is 2.28. The number of aromatic nitrogens is 3. The molecule has 9 heteroatoms. The molecule has 1 saturated heterocycles. The lowest BCUT2D eigenvalue weighted by molar-refractivity contribution is 0.0693. The minimum absolute atomic E-state index is 0.0166.